The van der Waals surface area contributed by atoms with Crippen LogP contribution in [0.1, 0.15) is 5.56 Å². The molecule has 0 fully saturated rings. The second-order valence-corrected chi connectivity index (χ2v) is 2.97. The van der Waals surface area contributed by atoms with Crippen LogP contribution < -0.4 is 0 Å². The molecule has 1 aromatic rings. The zero-order valence-corrected chi connectivity index (χ0v) is 8.05. The van der Waals surface area contributed by atoms with E-state index in [9.17, 15) is 26.7 Å². The van der Waals surface area contributed by atoms with E-state index in [1.165, 1.54) is 0 Å². The van der Waals surface area contributed by atoms with Crippen LogP contribution in [0.25, 0.3) is 5.83 Å². The molecule has 1 aromatic carbocycles. The Kier molecular flexibility index (Phi) is 3.50. The van der Waals surface area contributed by atoms with Gasteiger partial charge in [-0.15, -0.1) is 0 Å². The van der Waals surface area contributed by atoms with E-state index >= 15 is 0 Å². The van der Waals surface area contributed by atoms with Crippen molar-refractivity contribution in [2.75, 3.05) is 0 Å². The number of carbonyl (C=O) groups is 1. The summed E-state index contributed by atoms with van der Waals surface area (Å²) in [5.74, 6) is -5.92. The third-order valence-electron chi connectivity index (χ3n) is 1.83. The number of alkyl halides is 3. The molecule has 0 bridgehead atoms. The molecule has 0 amide bonds. The summed E-state index contributed by atoms with van der Waals surface area (Å²) in [4.78, 5) is 10.3. The highest BCUT2D eigenvalue weighted by Gasteiger charge is 2.43. The lowest BCUT2D eigenvalue weighted by atomic mass is 10.1. The number of carboxylic acid groups (broad SMARTS) is 1. The van der Waals surface area contributed by atoms with Crippen molar-refractivity contribution in [1.29, 1.82) is 0 Å². The molecule has 0 unspecified atom stereocenters. The van der Waals surface area contributed by atoms with Gasteiger partial charge >= 0.3 is 12.1 Å². The van der Waals surface area contributed by atoms with Crippen LogP contribution in [-0.4, -0.2) is 17.3 Å². The van der Waals surface area contributed by atoms with Gasteiger partial charge in [0.25, 0.3) is 0 Å². The van der Waals surface area contributed by atoms with Crippen LogP contribution in [0.3, 0.4) is 0 Å². The topological polar surface area (TPSA) is 37.3 Å². The number of hydrogen-bond acceptors (Lipinski definition) is 1. The summed E-state index contributed by atoms with van der Waals surface area (Å²) in [7, 11) is 0. The van der Waals surface area contributed by atoms with Gasteiger partial charge in [-0.2, -0.15) is 13.2 Å². The van der Waals surface area contributed by atoms with Gasteiger partial charge in [0.05, 0.1) is 0 Å². The van der Waals surface area contributed by atoms with Gasteiger partial charge in [0.2, 0.25) is 0 Å². The number of rotatable bonds is 2. The molecule has 1 rings (SSSR count). The molecule has 0 atom stereocenters. The van der Waals surface area contributed by atoms with Gasteiger partial charge in [0, 0.05) is 5.56 Å². The Morgan fingerprint density at radius 2 is 1.71 bits per heavy atom. The molecule has 0 heterocycles. The minimum atomic E-state index is -5.40. The van der Waals surface area contributed by atoms with Crippen LogP contribution in [-0.2, 0) is 4.79 Å². The molecule has 0 radical (unpaired) electrons. The van der Waals surface area contributed by atoms with Crippen LogP contribution >= 0.6 is 0 Å². The molecule has 0 aliphatic heterocycles. The van der Waals surface area contributed by atoms with E-state index in [4.69, 9.17) is 5.11 Å². The number of hydrogen-bond donors (Lipinski definition) is 1. The van der Waals surface area contributed by atoms with Crippen LogP contribution in [0.15, 0.2) is 29.8 Å². The fourth-order valence-electron chi connectivity index (χ4n) is 1.11. The standard InChI is InChI=1S/C10H5F5O2/c11-6-4-2-1-3-5(6)8(12)7(9(16)17)10(13,14)15/h1-4H,(H,16,17). The fraction of sp³-hybridized carbons (Fsp3) is 0.100. The molecule has 17 heavy (non-hydrogen) atoms. The molecular weight excluding hydrogens is 247 g/mol. The summed E-state index contributed by atoms with van der Waals surface area (Å²) in [6.45, 7) is 0. The zero-order valence-electron chi connectivity index (χ0n) is 8.05. The van der Waals surface area contributed by atoms with Gasteiger partial charge in [-0.05, 0) is 12.1 Å². The minimum absolute atomic E-state index is 0.722. The van der Waals surface area contributed by atoms with Crippen LogP contribution in [0.5, 0.6) is 0 Å². The Morgan fingerprint density at radius 1 is 1.18 bits per heavy atom. The van der Waals surface area contributed by atoms with Crippen LogP contribution in [0, 0.1) is 5.82 Å². The zero-order chi connectivity index (χ0) is 13.2. The quantitative estimate of drug-likeness (QED) is 0.648. The maximum atomic E-state index is 13.3. The molecule has 0 saturated carbocycles. The van der Waals surface area contributed by atoms with Gasteiger partial charge in [-0.1, -0.05) is 12.1 Å². The summed E-state index contributed by atoms with van der Waals surface area (Å²) in [5, 5.41) is 8.29. The molecule has 2 nitrogen and oxygen atoms in total. The molecule has 92 valence electrons. The first-order valence-electron chi connectivity index (χ1n) is 4.20. The molecule has 0 saturated heterocycles. The van der Waals surface area contributed by atoms with E-state index in [-0.39, 0.29) is 0 Å². The van der Waals surface area contributed by atoms with E-state index in [1.54, 1.807) is 0 Å². The van der Waals surface area contributed by atoms with E-state index in [0.29, 0.717) is 0 Å². The number of halogens is 5. The molecule has 1 N–H and O–H groups in total. The van der Waals surface area contributed by atoms with Gasteiger partial charge < -0.3 is 5.11 Å². The Hall–Kier alpha value is -1.92. The maximum absolute atomic E-state index is 13.3. The van der Waals surface area contributed by atoms with Gasteiger partial charge in [0.15, 0.2) is 11.4 Å². The summed E-state index contributed by atoms with van der Waals surface area (Å²) < 4.78 is 63.1. The van der Waals surface area contributed by atoms with Crippen molar-refractivity contribution >= 4 is 11.8 Å². The third-order valence-corrected chi connectivity index (χ3v) is 1.83. The third kappa shape index (κ3) is 2.80. The van der Waals surface area contributed by atoms with Crippen molar-refractivity contribution in [1.82, 2.24) is 0 Å². The number of carboxylic acids is 1. The van der Waals surface area contributed by atoms with E-state index in [2.05, 4.69) is 0 Å². The second kappa shape index (κ2) is 4.52. The van der Waals surface area contributed by atoms with E-state index in [1.807, 2.05) is 0 Å². The van der Waals surface area contributed by atoms with Crippen molar-refractivity contribution in [3.05, 3.63) is 41.2 Å². The first kappa shape index (κ1) is 13.1. The highest BCUT2D eigenvalue weighted by molar-refractivity contribution is 5.96. The molecule has 7 heteroatoms. The maximum Gasteiger partial charge on any atom is 0.426 e. The smallest absolute Gasteiger partial charge is 0.426 e. The van der Waals surface area contributed by atoms with Crippen molar-refractivity contribution in [2.24, 2.45) is 0 Å². The predicted octanol–water partition coefficient (Wildman–Crippen LogP) is 3.15. The Labute approximate surface area is 92.0 Å². The van der Waals surface area contributed by atoms with E-state index < -0.39 is 34.9 Å². The lowest BCUT2D eigenvalue weighted by Crippen LogP contribution is -2.21. The summed E-state index contributed by atoms with van der Waals surface area (Å²) in [6.07, 6.45) is -5.40. The lowest BCUT2D eigenvalue weighted by Gasteiger charge is -2.09. The SMILES string of the molecule is O=C(O)C(=C(F)c1ccccc1F)C(F)(F)F. The van der Waals surface area contributed by atoms with E-state index in [0.717, 1.165) is 24.3 Å². The van der Waals surface area contributed by atoms with Gasteiger partial charge in [0.1, 0.15) is 5.82 Å². The second-order valence-electron chi connectivity index (χ2n) is 2.97. The minimum Gasteiger partial charge on any atom is -0.478 e. The molecule has 0 aliphatic carbocycles. The largest absolute Gasteiger partial charge is 0.478 e. The van der Waals surface area contributed by atoms with Crippen molar-refractivity contribution in [2.45, 2.75) is 6.18 Å². The average molecular weight is 252 g/mol. The first-order chi connectivity index (χ1) is 7.75. The van der Waals surface area contributed by atoms with Crippen LogP contribution in [0.2, 0.25) is 0 Å². The molecule has 0 spiro atoms. The summed E-state index contributed by atoms with van der Waals surface area (Å²) in [5.41, 5.74) is -3.47. The van der Waals surface area contributed by atoms with Crippen molar-refractivity contribution < 1.29 is 31.9 Å². The average Bonchev–Trinajstić information content (AvgIpc) is 2.15. The molecule has 0 aliphatic rings. The van der Waals surface area contributed by atoms with Gasteiger partial charge in [-0.25, -0.2) is 13.6 Å². The van der Waals surface area contributed by atoms with Crippen molar-refractivity contribution in [3.63, 3.8) is 0 Å². The summed E-state index contributed by atoms with van der Waals surface area (Å²) in [6, 6.07) is 3.68. The molecule has 0 aromatic heterocycles. The lowest BCUT2D eigenvalue weighted by molar-refractivity contribution is -0.144. The Morgan fingerprint density at radius 3 is 2.12 bits per heavy atom. The predicted molar refractivity (Wildman–Crippen MR) is 48.1 cm³/mol. The first-order valence-corrected chi connectivity index (χ1v) is 4.20. The summed E-state index contributed by atoms with van der Waals surface area (Å²) >= 11 is 0. The normalized spacial score (nSPS) is 13.2. The van der Waals surface area contributed by atoms with Gasteiger partial charge in [-0.3, -0.25) is 0 Å². The van der Waals surface area contributed by atoms with Crippen molar-refractivity contribution in [3.8, 4) is 0 Å². The van der Waals surface area contributed by atoms with Crippen LogP contribution in [0.4, 0.5) is 22.0 Å². The Balaban J connectivity index is 3.46. The highest BCUT2D eigenvalue weighted by atomic mass is 19.4. The highest BCUT2D eigenvalue weighted by Crippen LogP contribution is 2.34. The number of aliphatic carboxylic acids is 1. The molecular formula is C10H5F5O2. The fourth-order valence-corrected chi connectivity index (χ4v) is 1.11. The number of benzene rings is 1. The Bertz CT molecular complexity index is 476. The monoisotopic (exact) mass is 252 g/mol.